The topological polar surface area (TPSA) is 67.6 Å². The second-order valence-electron chi connectivity index (χ2n) is 3.33. The van der Waals surface area contributed by atoms with Gasteiger partial charge in [0.25, 0.3) is 0 Å². The normalized spacial score (nSPS) is 10.3. The van der Waals surface area contributed by atoms with Crippen molar-refractivity contribution >= 4 is 23.1 Å². The smallest absolute Gasteiger partial charge is 0.234 e. The number of rotatable bonds is 8. The van der Waals surface area contributed by atoms with E-state index in [1.54, 1.807) is 19.1 Å². The number of nitrogens with one attached hydrogen (secondary N) is 1. The standard InChI is InChI=1S/C9H19N3O2S/c1-12(6-8(10)15)7-9(13)11-4-3-5-14-2/h3-7H2,1-2H3,(H2,10,15)(H,11,13). The summed E-state index contributed by atoms with van der Waals surface area (Å²) < 4.78 is 4.86. The molecule has 0 heterocycles. The number of nitrogens with zero attached hydrogens (tertiary/aromatic N) is 1. The second-order valence-corrected chi connectivity index (χ2v) is 3.86. The van der Waals surface area contributed by atoms with E-state index in [1.807, 2.05) is 0 Å². The minimum Gasteiger partial charge on any atom is -0.392 e. The highest BCUT2D eigenvalue weighted by atomic mass is 32.1. The van der Waals surface area contributed by atoms with Crippen LogP contribution in [0.4, 0.5) is 0 Å². The van der Waals surface area contributed by atoms with Gasteiger partial charge in [0.15, 0.2) is 0 Å². The van der Waals surface area contributed by atoms with Crippen molar-refractivity contribution in [1.82, 2.24) is 10.2 Å². The van der Waals surface area contributed by atoms with Crippen molar-refractivity contribution in [1.29, 1.82) is 0 Å². The first-order valence-corrected chi connectivity index (χ1v) is 5.19. The molecule has 0 saturated heterocycles. The number of amides is 1. The third kappa shape index (κ3) is 9.58. The Bertz CT molecular complexity index is 212. The zero-order valence-corrected chi connectivity index (χ0v) is 10.1. The average Bonchev–Trinajstić information content (AvgIpc) is 2.10. The Hall–Kier alpha value is -0.720. The molecule has 0 aliphatic heterocycles. The van der Waals surface area contributed by atoms with Crippen LogP contribution >= 0.6 is 12.2 Å². The molecule has 5 nitrogen and oxygen atoms in total. The van der Waals surface area contributed by atoms with Crippen molar-refractivity contribution < 1.29 is 9.53 Å². The molecule has 1 amide bonds. The van der Waals surface area contributed by atoms with Crippen molar-refractivity contribution in [2.75, 3.05) is 40.4 Å². The van der Waals surface area contributed by atoms with Crippen LogP contribution in [0.15, 0.2) is 0 Å². The average molecular weight is 233 g/mol. The lowest BCUT2D eigenvalue weighted by Crippen LogP contribution is -2.39. The number of methoxy groups -OCH3 is 1. The highest BCUT2D eigenvalue weighted by molar-refractivity contribution is 7.80. The summed E-state index contributed by atoms with van der Waals surface area (Å²) in [6, 6.07) is 0. The molecule has 0 spiro atoms. The van der Waals surface area contributed by atoms with Gasteiger partial charge in [-0.2, -0.15) is 0 Å². The summed E-state index contributed by atoms with van der Waals surface area (Å²) in [7, 11) is 3.44. The van der Waals surface area contributed by atoms with Crippen molar-refractivity contribution in [2.45, 2.75) is 6.42 Å². The molecule has 0 fully saturated rings. The number of hydrogen-bond acceptors (Lipinski definition) is 4. The Morgan fingerprint density at radius 1 is 1.53 bits per heavy atom. The van der Waals surface area contributed by atoms with E-state index >= 15 is 0 Å². The van der Waals surface area contributed by atoms with Crippen LogP contribution in [0.2, 0.25) is 0 Å². The number of thiocarbonyl (C=S) groups is 1. The highest BCUT2D eigenvalue weighted by Crippen LogP contribution is 1.83. The van der Waals surface area contributed by atoms with Gasteiger partial charge in [-0.15, -0.1) is 0 Å². The maximum atomic E-state index is 11.3. The van der Waals surface area contributed by atoms with Gasteiger partial charge in [0, 0.05) is 26.8 Å². The molecule has 88 valence electrons. The molecule has 0 atom stereocenters. The third-order valence-electron chi connectivity index (χ3n) is 1.69. The molecule has 0 unspecified atom stereocenters. The van der Waals surface area contributed by atoms with Crippen molar-refractivity contribution in [3.8, 4) is 0 Å². The highest BCUT2D eigenvalue weighted by Gasteiger charge is 2.06. The fourth-order valence-corrected chi connectivity index (χ4v) is 1.29. The molecule has 0 aliphatic rings. The number of hydrogen-bond donors (Lipinski definition) is 2. The summed E-state index contributed by atoms with van der Waals surface area (Å²) in [5.41, 5.74) is 5.35. The molecule has 0 aliphatic carbocycles. The zero-order valence-electron chi connectivity index (χ0n) is 9.28. The third-order valence-corrected chi connectivity index (χ3v) is 1.82. The van der Waals surface area contributed by atoms with Crippen LogP contribution in [0.5, 0.6) is 0 Å². The molecule has 0 aromatic carbocycles. The summed E-state index contributed by atoms with van der Waals surface area (Å²) in [4.78, 5) is 13.5. The van der Waals surface area contributed by atoms with E-state index < -0.39 is 0 Å². The van der Waals surface area contributed by atoms with Gasteiger partial charge in [-0.3, -0.25) is 9.69 Å². The molecule has 0 aromatic rings. The predicted octanol–water partition coefficient (Wildman–Crippen LogP) is -0.643. The van der Waals surface area contributed by atoms with Gasteiger partial charge >= 0.3 is 0 Å². The van der Waals surface area contributed by atoms with Crippen LogP contribution in [0.25, 0.3) is 0 Å². The molecule has 0 bridgehead atoms. The lowest BCUT2D eigenvalue weighted by Gasteiger charge is -2.14. The van der Waals surface area contributed by atoms with Crippen molar-refractivity contribution in [2.24, 2.45) is 5.73 Å². The van der Waals surface area contributed by atoms with Crippen molar-refractivity contribution in [3.05, 3.63) is 0 Å². The quantitative estimate of drug-likeness (QED) is 0.431. The maximum absolute atomic E-state index is 11.3. The minimum absolute atomic E-state index is 0.0233. The van der Waals surface area contributed by atoms with E-state index in [4.69, 9.17) is 22.7 Å². The van der Waals surface area contributed by atoms with Crippen molar-refractivity contribution in [3.63, 3.8) is 0 Å². The Balaban J connectivity index is 3.51. The molecule has 15 heavy (non-hydrogen) atoms. The molecule has 6 heteroatoms. The lowest BCUT2D eigenvalue weighted by molar-refractivity contribution is -0.121. The SMILES string of the molecule is COCCCNC(=O)CN(C)CC(N)=S. The van der Waals surface area contributed by atoms with E-state index in [9.17, 15) is 4.79 Å². The summed E-state index contributed by atoms with van der Waals surface area (Å²) in [5.74, 6) is -0.0233. The van der Waals surface area contributed by atoms with Gasteiger partial charge in [-0.1, -0.05) is 12.2 Å². The van der Waals surface area contributed by atoms with Gasteiger partial charge in [0.05, 0.1) is 11.5 Å². The van der Waals surface area contributed by atoms with Crippen LogP contribution in [-0.4, -0.2) is 56.2 Å². The Labute approximate surface area is 95.9 Å². The molecular weight excluding hydrogens is 214 g/mol. The Morgan fingerprint density at radius 2 is 2.20 bits per heavy atom. The predicted molar refractivity (Wildman–Crippen MR) is 63.8 cm³/mol. The molecular formula is C9H19N3O2S. The molecule has 0 saturated carbocycles. The van der Waals surface area contributed by atoms with E-state index in [0.717, 1.165) is 6.42 Å². The fourth-order valence-electron chi connectivity index (χ4n) is 1.07. The Morgan fingerprint density at radius 3 is 2.73 bits per heavy atom. The van der Waals surface area contributed by atoms with E-state index in [0.29, 0.717) is 31.2 Å². The largest absolute Gasteiger partial charge is 0.392 e. The first-order chi connectivity index (χ1) is 7.06. The van der Waals surface area contributed by atoms with Gasteiger partial charge < -0.3 is 15.8 Å². The summed E-state index contributed by atoms with van der Waals surface area (Å²) in [5, 5.41) is 2.78. The number of carbonyl (C=O) groups excluding carboxylic acids is 1. The minimum atomic E-state index is -0.0233. The van der Waals surface area contributed by atoms with Gasteiger partial charge in [0.2, 0.25) is 5.91 Å². The first kappa shape index (κ1) is 14.3. The van der Waals surface area contributed by atoms with E-state index in [2.05, 4.69) is 5.32 Å². The van der Waals surface area contributed by atoms with Crippen LogP contribution < -0.4 is 11.1 Å². The van der Waals surface area contributed by atoms with Crippen LogP contribution in [0.3, 0.4) is 0 Å². The number of ether oxygens (including phenoxy) is 1. The summed E-state index contributed by atoms with van der Waals surface area (Å²) in [6.45, 7) is 2.06. The summed E-state index contributed by atoms with van der Waals surface area (Å²) >= 11 is 4.73. The molecule has 0 rings (SSSR count). The van der Waals surface area contributed by atoms with E-state index in [-0.39, 0.29) is 5.91 Å². The zero-order chi connectivity index (χ0) is 11.7. The van der Waals surface area contributed by atoms with E-state index in [1.165, 1.54) is 0 Å². The lowest BCUT2D eigenvalue weighted by atomic mass is 10.4. The van der Waals surface area contributed by atoms with Crippen LogP contribution in [-0.2, 0) is 9.53 Å². The molecule has 0 radical (unpaired) electrons. The number of carbonyl (C=O) groups is 1. The van der Waals surface area contributed by atoms with Gasteiger partial charge in [-0.25, -0.2) is 0 Å². The second kappa shape index (κ2) is 8.58. The summed E-state index contributed by atoms with van der Waals surface area (Å²) in [6.07, 6.45) is 0.821. The maximum Gasteiger partial charge on any atom is 0.234 e. The first-order valence-electron chi connectivity index (χ1n) is 4.78. The van der Waals surface area contributed by atoms with Gasteiger partial charge in [-0.05, 0) is 13.5 Å². The molecule has 0 aromatic heterocycles. The number of likely N-dealkylation sites (N-methyl/N-ethyl adjacent to an activating group) is 1. The fraction of sp³-hybridized carbons (Fsp3) is 0.778. The van der Waals surface area contributed by atoms with Crippen LogP contribution in [0, 0.1) is 0 Å². The van der Waals surface area contributed by atoms with Gasteiger partial charge in [0.1, 0.15) is 0 Å². The number of nitrogens with two attached hydrogens (primary N) is 1. The van der Waals surface area contributed by atoms with Crippen LogP contribution in [0.1, 0.15) is 6.42 Å². The monoisotopic (exact) mass is 233 g/mol. The Kier molecular flexibility index (Phi) is 8.17. The molecule has 3 N–H and O–H groups in total.